The number of hydrogen-bond donors (Lipinski definition) is 2. The molecule has 1 heterocycles. The van der Waals surface area contributed by atoms with Crippen LogP contribution in [0.25, 0.3) is 0 Å². The lowest BCUT2D eigenvalue weighted by molar-refractivity contribution is -0.148. The molecule has 142 valence electrons. The lowest BCUT2D eigenvalue weighted by Crippen LogP contribution is -2.33. The van der Waals surface area contributed by atoms with Crippen LogP contribution in [-0.2, 0) is 20.9 Å². The summed E-state index contributed by atoms with van der Waals surface area (Å²) in [6.45, 7) is -0.501. The number of benzene rings is 1. The van der Waals surface area contributed by atoms with Crippen LogP contribution in [0.4, 0.5) is 5.69 Å². The molecule has 0 saturated heterocycles. The van der Waals surface area contributed by atoms with Gasteiger partial charge in [-0.2, -0.15) is 5.10 Å². The normalized spacial score (nSPS) is 13.9. The Labute approximate surface area is 156 Å². The third kappa shape index (κ3) is 5.40. The minimum atomic E-state index is -0.568. The van der Waals surface area contributed by atoms with Crippen molar-refractivity contribution in [3.8, 4) is 0 Å². The first-order valence-corrected chi connectivity index (χ1v) is 8.94. The molecule has 27 heavy (non-hydrogen) atoms. The van der Waals surface area contributed by atoms with Gasteiger partial charge in [-0.25, -0.2) is 0 Å². The maximum absolute atomic E-state index is 12.5. The van der Waals surface area contributed by atoms with Gasteiger partial charge in [0.05, 0.1) is 11.3 Å². The second-order valence-electron chi connectivity index (χ2n) is 6.41. The summed E-state index contributed by atoms with van der Waals surface area (Å²) < 4.78 is 6.35. The van der Waals surface area contributed by atoms with Gasteiger partial charge in [0.2, 0.25) is 0 Å². The minimum Gasteiger partial charge on any atom is -0.454 e. The summed E-state index contributed by atoms with van der Waals surface area (Å²) in [5.41, 5.74) is 0.779. The molecule has 8 heteroatoms. The van der Waals surface area contributed by atoms with Crippen molar-refractivity contribution in [1.29, 1.82) is 0 Å². The Morgan fingerprint density at radius 2 is 1.93 bits per heavy atom. The van der Waals surface area contributed by atoms with Crippen molar-refractivity contribution in [2.75, 3.05) is 11.9 Å². The van der Waals surface area contributed by atoms with Crippen molar-refractivity contribution in [2.24, 2.45) is 0 Å². The van der Waals surface area contributed by atoms with Gasteiger partial charge >= 0.3 is 5.97 Å². The zero-order chi connectivity index (χ0) is 19.1. The van der Waals surface area contributed by atoms with E-state index in [1.807, 2.05) is 0 Å². The summed E-state index contributed by atoms with van der Waals surface area (Å²) in [7, 11) is 0. The van der Waals surface area contributed by atoms with Crippen LogP contribution in [-0.4, -0.2) is 40.2 Å². The zero-order valence-corrected chi connectivity index (χ0v) is 14.9. The van der Waals surface area contributed by atoms with Gasteiger partial charge in [-0.3, -0.25) is 19.1 Å². The van der Waals surface area contributed by atoms with E-state index in [0.29, 0.717) is 11.3 Å². The molecular formula is C19H22N4O4. The molecule has 0 radical (unpaired) electrons. The number of amides is 2. The molecule has 2 N–H and O–H groups in total. The van der Waals surface area contributed by atoms with E-state index in [1.54, 1.807) is 42.7 Å². The van der Waals surface area contributed by atoms with Crippen LogP contribution in [0.1, 0.15) is 36.0 Å². The molecule has 1 saturated carbocycles. The van der Waals surface area contributed by atoms with E-state index in [0.717, 1.165) is 25.7 Å². The van der Waals surface area contributed by atoms with Crippen LogP contribution in [0.15, 0.2) is 42.7 Å². The molecular weight excluding hydrogens is 348 g/mol. The van der Waals surface area contributed by atoms with Gasteiger partial charge in [0.25, 0.3) is 11.8 Å². The molecule has 0 bridgehead atoms. The molecule has 0 atom stereocenters. The smallest absolute Gasteiger partial charge is 0.328 e. The number of carbonyl (C=O) groups excluding carboxylic acids is 3. The van der Waals surface area contributed by atoms with E-state index >= 15 is 0 Å². The Hall–Kier alpha value is -3.16. The molecule has 1 aromatic heterocycles. The number of rotatable bonds is 7. The number of nitrogens with one attached hydrogen (secondary N) is 2. The van der Waals surface area contributed by atoms with Gasteiger partial charge in [0.15, 0.2) is 6.61 Å². The number of ether oxygens (including phenoxy) is 1. The number of carbonyl (C=O) groups is 3. The van der Waals surface area contributed by atoms with E-state index in [4.69, 9.17) is 4.74 Å². The average Bonchev–Trinajstić information content (AvgIpc) is 3.34. The molecule has 1 aliphatic rings. The Kier molecular flexibility index (Phi) is 6.19. The molecule has 1 aromatic carbocycles. The number of para-hydroxylation sites is 1. The summed E-state index contributed by atoms with van der Waals surface area (Å²) in [6.07, 6.45) is 7.37. The molecule has 0 unspecified atom stereocenters. The standard InChI is InChI=1S/C19H22N4O4/c24-17(13-27-18(25)12-23-11-5-10-20-23)22-16-9-4-3-8-15(16)19(26)21-14-6-1-2-7-14/h3-5,8-11,14H,1-2,6-7,12-13H2,(H,21,26)(H,22,24). The van der Waals surface area contributed by atoms with Crippen LogP contribution >= 0.6 is 0 Å². The Morgan fingerprint density at radius 3 is 2.67 bits per heavy atom. The van der Waals surface area contributed by atoms with Gasteiger partial charge in [-0.15, -0.1) is 0 Å². The maximum atomic E-state index is 12.5. The van der Waals surface area contributed by atoms with Crippen LogP contribution in [0, 0.1) is 0 Å². The van der Waals surface area contributed by atoms with Crippen molar-refractivity contribution in [2.45, 2.75) is 38.3 Å². The minimum absolute atomic E-state index is 0.0688. The maximum Gasteiger partial charge on any atom is 0.328 e. The highest BCUT2D eigenvalue weighted by molar-refractivity contribution is 6.04. The molecule has 1 aliphatic carbocycles. The predicted molar refractivity (Wildman–Crippen MR) is 98.0 cm³/mol. The molecule has 3 rings (SSSR count). The van der Waals surface area contributed by atoms with Crippen LogP contribution in [0.3, 0.4) is 0 Å². The molecule has 2 aromatic rings. The van der Waals surface area contributed by atoms with Crippen molar-refractivity contribution in [3.63, 3.8) is 0 Å². The first-order valence-electron chi connectivity index (χ1n) is 8.94. The Balaban J connectivity index is 1.52. The van der Waals surface area contributed by atoms with Crippen LogP contribution < -0.4 is 10.6 Å². The van der Waals surface area contributed by atoms with Gasteiger partial charge in [0, 0.05) is 18.4 Å². The van der Waals surface area contributed by atoms with Crippen molar-refractivity contribution in [3.05, 3.63) is 48.3 Å². The fourth-order valence-electron chi connectivity index (χ4n) is 3.03. The third-order valence-corrected chi connectivity index (χ3v) is 4.35. The summed E-state index contributed by atoms with van der Waals surface area (Å²) in [5, 5.41) is 9.52. The summed E-state index contributed by atoms with van der Waals surface area (Å²) in [6, 6.07) is 8.64. The fraction of sp³-hybridized carbons (Fsp3) is 0.368. The summed E-state index contributed by atoms with van der Waals surface area (Å²) >= 11 is 0. The quantitative estimate of drug-likeness (QED) is 0.723. The van der Waals surface area contributed by atoms with E-state index in [2.05, 4.69) is 15.7 Å². The van der Waals surface area contributed by atoms with Gasteiger partial charge in [-0.1, -0.05) is 25.0 Å². The molecule has 0 aliphatic heterocycles. The van der Waals surface area contributed by atoms with Crippen molar-refractivity contribution >= 4 is 23.5 Å². The fourth-order valence-corrected chi connectivity index (χ4v) is 3.03. The number of anilines is 1. The highest BCUT2D eigenvalue weighted by atomic mass is 16.5. The lowest BCUT2D eigenvalue weighted by Gasteiger charge is -2.15. The van der Waals surface area contributed by atoms with Gasteiger partial charge in [-0.05, 0) is 31.0 Å². The van der Waals surface area contributed by atoms with E-state index in [-0.39, 0.29) is 18.5 Å². The Morgan fingerprint density at radius 1 is 1.15 bits per heavy atom. The highest BCUT2D eigenvalue weighted by Gasteiger charge is 2.20. The zero-order valence-electron chi connectivity index (χ0n) is 14.9. The first kappa shape index (κ1) is 18.6. The van der Waals surface area contributed by atoms with E-state index < -0.39 is 18.5 Å². The predicted octanol–water partition coefficient (Wildman–Crippen LogP) is 1.74. The second kappa shape index (κ2) is 8.98. The monoisotopic (exact) mass is 370 g/mol. The van der Waals surface area contributed by atoms with Crippen LogP contribution in [0.5, 0.6) is 0 Å². The van der Waals surface area contributed by atoms with E-state index in [9.17, 15) is 14.4 Å². The van der Waals surface area contributed by atoms with Gasteiger partial charge in [0.1, 0.15) is 6.54 Å². The van der Waals surface area contributed by atoms with E-state index in [1.165, 1.54) is 4.68 Å². The number of esters is 1. The summed E-state index contributed by atoms with van der Waals surface area (Å²) in [4.78, 5) is 36.3. The third-order valence-electron chi connectivity index (χ3n) is 4.35. The van der Waals surface area contributed by atoms with Crippen LogP contribution in [0.2, 0.25) is 0 Å². The summed E-state index contributed by atoms with van der Waals surface area (Å²) in [5.74, 6) is -1.29. The lowest BCUT2D eigenvalue weighted by atomic mass is 10.1. The van der Waals surface area contributed by atoms with Gasteiger partial charge < -0.3 is 15.4 Å². The Bertz CT molecular complexity index is 798. The molecule has 8 nitrogen and oxygen atoms in total. The first-order chi connectivity index (χ1) is 13.1. The van der Waals surface area contributed by atoms with Crippen molar-refractivity contribution < 1.29 is 19.1 Å². The molecule has 1 fully saturated rings. The molecule has 2 amide bonds. The topological polar surface area (TPSA) is 102 Å². The SMILES string of the molecule is O=C(COC(=O)Cn1cccn1)Nc1ccccc1C(=O)NC1CCCC1. The highest BCUT2D eigenvalue weighted by Crippen LogP contribution is 2.20. The average molecular weight is 370 g/mol. The second-order valence-corrected chi connectivity index (χ2v) is 6.41. The number of nitrogens with zero attached hydrogens (tertiary/aromatic N) is 2. The number of aromatic nitrogens is 2. The van der Waals surface area contributed by atoms with Crippen molar-refractivity contribution in [1.82, 2.24) is 15.1 Å². The largest absolute Gasteiger partial charge is 0.454 e. The molecule has 0 spiro atoms. The number of hydrogen-bond acceptors (Lipinski definition) is 5.